The van der Waals surface area contributed by atoms with Crippen LogP contribution in [0.2, 0.25) is 0 Å². The van der Waals surface area contributed by atoms with E-state index in [1.54, 1.807) is 0 Å². The summed E-state index contributed by atoms with van der Waals surface area (Å²) in [5.41, 5.74) is 7.41. The van der Waals surface area contributed by atoms with Crippen LogP contribution in [-0.2, 0) is 11.3 Å². The lowest BCUT2D eigenvalue weighted by Crippen LogP contribution is -2.06. The lowest BCUT2D eigenvalue weighted by atomic mass is 9.99. The maximum atomic E-state index is 11.4. The van der Waals surface area contributed by atoms with Gasteiger partial charge in [-0.2, -0.15) is 0 Å². The van der Waals surface area contributed by atoms with E-state index in [2.05, 4.69) is 78.2 Å². The third kappa shape index (κ3) is 4.71. The second-order valence-electron chi connectivity index (χ2n) is 8.67. The van der Waals surface area contributed by atoms with Gasteiger partial charge in [-0.05, 0) is 37.1 Å². The molecule has 36 heavy (non-hydrogen) atoms. The number of Topliss-reactive ketones (excluding diaryl/α,β-unsaturated/α-hetero) is 1. The van der Waals surface area contributed by atoms with E-state index in [9.17, 15) is 4.79 Å². The van der Waals surface area contributed by atoms with E-state index < -0.39 is 0 Å². The van der Waals surface area contributed by atoms with Crippen molar-refractivity contribution in [2.24, 2.45) is 0 Å². The second kappa shape index (κ2) is 10.4. The molecule has 0 atom stereocenters. The van der Waals surface area contributed by atoms with Gasteiger partial charge in [-0.1, -0.05) is 97.1 Å². The molecule has 0 saturated heterocycles. The number of rotatable bonds is 8. The first-order valence-electron chi connectivity index (χ1n) is 12.2. The molecule has 4 aromatic carbocycles. The number of benzene rings is 4. The number of aromatic nitrogens is 2. The van der Waals surface area contributed by atoms with Crippen LogP contribution in [0.25, 0.3) is 45.0 Å². The fourth-order valence-electron chi connectivity index (χ4n) is 4.52. The number of imidazole rings is 1. The quantitative estimate of drug-likeness (QED) is 0.234. The Morgan fingerprint density at radius 3 is 2.03 bits per heavy atom. The van der Waals surface area contributed by atoms with Gasteiger partial charge >= 0.3 is 0 Å². The van der Waals surface area contributed by atoms with Gasteiger partial charge in [0.2, 0.25) is 0 Å². The van der Waals surface area contributed by atoms with Crippen molar-refractivity contribution in [3.63, 3.8) is 0 Å². The average Bonchev–Trinajstić information content (AvgIpc) is 3.32. The number of carbonyl (C=O) groups is 1. The van der Waals surface area contributed by atoms with Crippen molar-refractivity contribution in [1.29, 1.82) is 0 Å². The van der Waals surface area contributed by atoms with Crippen molar-refractivity contribution < 1.29 is 9.53 Å². The van der Waals surface area contributed by atoms with Crippen molar-refractivity contribution >= 4 is 5.78 Å². The Balaban J connectivity index is 1.70. The van der Waals surface area contributed by atoms with Crippen LogP contribution in [0, 0.1) is 0 Å². The summed E-state index contributed by atoms with van der Waals surface area (Å²) >= 11 is 0. The lowest BCUT2D eigenvalue weighted by molar-refractivity contribution is -0.118. The molecule has 5 aromatic rings. The molecule has 178 valence electrons. The van der Waals surface area contributed by atoms with Crippen molar-refractivity contribution in [3.8, 4) is 50.8 Å². The summed E-state index contributed by atoms with van der Waals surface area (Å²) in [6.45, 7) is 4.52. The highest BCUT2D eigenvalue weighted by atomic mass is 16.5. The summed E-state index contributed by atoms with van der Waals surface area (Å²) in [6.07, 6.45) is 0. The molecule has 1 aromatic heterocycles. The Hall–Kier alpha value is -4.44. The largest absolute Gasteiger partial charge is 0.486 e. The lowest BCUT2D eigenvalue weighted by Gasteiger charge is -2.14. The number of carbonyl (C=O) groups excluding carboxylic acids is 1. The Morgan fingerprint density at radius 1 is 0.750 bits per heavy atom. The number of ether oxygens (including phenoxy) is 1. The zero-order chi connectivity index (χ0) is 24.9. The van der Waals surface area contributed by atoms with Gasteiger partial charge in [0.05, 0.1) is 11.4 Å². The minimum Gasteiger partial charge on any atom is -0.486 e. The van der Waals surface area contributed by atoms with Crippen LogP contribution in [0.5, 0.6) is 5.75 Å². The molecule has 0 bridgehead atoms. The highest BCUT2D eigenvalue weighted by molar-refractivity contribution is 5.87. The SMILES string of the molecule is CCn1c(-c2ccccc2-c2cccc(OCC(C)=O)c2)nc(-c2ccccc2)c1-c1ccccc1. The molecule has 0 unspecified atom stereocenters. The van der Waals surface area contributed by atoms with Crippen molar-refractivity contribution in [2.75, 3.05) is 6.61 Å². The maximum Gasteiger partial charge on any atom is 0.167 e. The predicted octanol–water partition coefficient (Wildman–Crippen LogP) is 7.54. The van der Waals surface area contributed by atoms with E-state index in [-0.39, 0.29) is 12.4 Å². The van der Waals surface area contributed by atoms with Crippen LogP contribution >= 0.6 is 0 Å². The van der Waals surface area contributed by atoms with Crippen LogP contribution in [0.15, 0.2) is 109 Å². The van der Waals surface area contributed by atoms with E-state index in [1.807, 2.05) is 42.5 Å². The molecule has 0 spiro atoms. The van der Waals surface area contributed by atoms with Crippen LogP contribution in [0.1, 0.15) is 13.8 Å². The van der Waals surface area contributed by atoms with Gasteiger partial charge in [0.25, 0.3) is 0 Å². The summed E-state index contributed by atoms with van der Waals surface area (Å²) in [7, 11) is 0. The zero-order valence-corrected chi connectivity index (χ0v) is 20.5. The molecule has 0 radical (unpaired) electrons. The van der Waals surface area contributed by atoms with E-state index in [0.717, 1.165) is 51.6 Å². The van der Waals surface area contributed by atoms with Crippen molar-refractivity contribution in [1.82, 2.24) is 9.55 Å². The average molecular weight is 473 g/mol. The smallest absolute Gasteiger partial charge is 0.167 e. The summed E-state index contributed by atoms with van der Waals surface area (Å²) in [6, 6.07) is 37.0. The van der Waals surface area contributed by atoms with Crippen LogP contribution < -0.4 is 4.74 Å². The molecule has 0 N–H and O–H groups in total. The third-order valence-corrected chi connectivity index (χ3v) is 6.13. The number of nitrogens with zero attached hydrogens (tertiary/aromatic N) is 2. The van der Waals surface area contributed by atoms with E-state index >= 15 is 0 Å². The van der Waals surface area contributed by atoms with Crippen LogP contribution in [-0.4, -0.2) is 21.9 Å². The van der Waals surface area contributed by atoms with Crippen molar-refractivity contribution in [2.45, 2.75) is 20.4 Å². The second-order valence-corrected chi connectivity index (χ2v) is 8.67. The Labute approximate surface area is 211 Å². The molecule has 0 aliphatic rings. The minimum absolute atomic E-state index is 0.00680. The Morgan fingerprint density at radius 2 is 1.36 bits per heavy atom. The molecule has 0 saturated carbocycles. The van der Waals surface area contributed by atoms with Gasteiger partial charge in [0.1, 0.15) is 18.2 Å². The predicted molar refractivity (Wildman–Crippen MR) is 146 cm³/mol. The first-order chi connectivity index (χ1) is 17.7. The molecule has 4 nitrogen and oxygen atoms in total. The van der Waals surface area contributed by atoms with Crippen molar-refractivity contribution in [3.05, 3.63) is 109 Å². The number of ketones is 1. The Bertz CT molecular complexity index is 1490. The monoisotopic (exact) mass is 472 g/mol. The van der Waals surface area contributed by atoms with E-state index in [1.165, 1.54) is 6.92 Å². The standard InChI is InChI=1S/C32H28N2O2/c1-3-34-31(25-15-8-5-9-16-25)30(24-13-6-4-7-14-24)33-32(34)29-20-11-10-19-28(29)26-17-12-18-27(21-26)36-22-23(2)35/h4-21H,3,22H2,1-2H3. The fourth-order valence-corrected chi connectivity index (χ4v) is 4.52. The molecule has 0 aliphatic carbocycles. The molecule has 0 fully saturated rings. The first-order valence-corrected chi connectivity index (χ1v) is 12.2. The molecular formula is C32H28N2O2. The maximum absolute atomic E-state index is 11.4. The molecule has 4 heteroatoms. The highest BCUT2D eigenvalue weighted by Crippen LogP contribution is 2.39. The summed E-state index contributed by atoms with van der Waals surface area (Å²) in [4.78, 5) is 16.7. The van der Waals surface area contributed by atoms with Crippen LogP contribution in [0.4, 0.5) is 0 Å². The third-order valence-electron chi connectivity index (χ3n) is 6.13. The van der Waals surface area contributed by atoms with Gasteiger partial charge in [0.15, 0.2) is 5.78 Å². The van der Waals surface area contributed by atoms with Crippen LogP contribution in [0.3, 0.4) is 0 Å². The van der Waals surface area contributed by atoms with E-state index in [4.69, 9.17) is 9.72 Å². The van der Waals surface area contributed by atoms with Gasteiger partial charge in [-0.15, -0.1) is 0 Å². The first kappa shape index (κ1) is 23.3. The molecule has 0 amide bonds. The minimum atomic E-state index is -0.00680. The van der Waals surface area contributed by atoms with Gasteiger partial charge in [-0.3, -0.25) is 4.79 Å². The summed E-state index contributed by atoms with van der Waals surface area (Å²) in [5.74, 6) is 1.58. The number of hydrogen-bond donors (Lipinski definition) is 0. The fraction of sp³-hybridized carbons (Fsp3) is 0.125. The topological polar surface area (TPSA) is 44.1 Å². The van der Waals surface area contributed by atoms with Gasteiger partial charge < -0.3 is 9.30 Å². The van der Waals surface area contributed by atoms with Gasteiger partial charge in [-0.25, -0.2) is 4.98 Å². The summed E-state index contributed by atoms with van der Waals surface area (Å²) < 4.78 is 7.99. The summed E-state index contributed by atoms with van der Waals surface area (Å²) in [5, 5.41) is 0. The highest BCUT2D eigenvalue weighted by Gasteiger charge is 2.22. The zero-order valence-electron chi connectivity index (χ0n) is 20.5. The molecular weight excluding hydrogens is 444 g/mol. The molecule has 1 heterocycles. The molecule has 0 aliphatic heterocycles. The normalized spacial score (nSPS) is 10.8. The molecule has 5 rings (SSSR count). The van der Waals surface area contributed by atoms with Gasteiger partial charge in [0, 0.05) is 23.2 Å². The van der Waals surface area contributed by atoms with E-state index in [0.29, 0.717) is 5.75 Å². The number of hydrogen-bond acceptors (Lipinski definition) is 3. The Kier molecular flexibility index (Phi) is 6.76.